The molecule has 2 aliphatic rings. The lowest BCUT2D eigenvalue weighted by molar-refractivity contribution is -0.147. The number of amides is 1. The van der Waals surface area contributed by atoms with Crippen LogP contribution in [-0.2, 0) is 37.3 Å². The minimum atomic E-state index is -4.09. The molecule has 0 aromatic heterocycles. The number of aliphatic imine (C=N–C) groups is 1. The zero-order valence-electron chi connectivity index (χ0n) is 32.0. The summed E-state index contributed by atoms with van der Waals surface area (Å²) in [5, 5.41) is 2.68. The van der Waals surface area contributed by atoms with Crippen molar-refractivity contribution in [1.82, 2.24) is 10.0 Å². The van der Waals surface area contributed by atoms with Crippen LogP contribution in [0.3, 0.4) is 0 Å². The summed E-state index contributed by atoms with van der Waals surface area (Å²) in [5.74, 6) is 0.277. The maximum Gasteiger partial charge on any atom is 0.407 e. The molecule has 0 radical (unpaired) electrons. The first-order valence-corrected chi connectivity index (χ1v) is 19.7. The van der Waals surface area contributed by atoms with Gasteiger partial charge in [0.2, 0.25) is 5.96 Å². The van der Waals surface area contributed by atoms with Crippen molar-refractivity contribution in [2.75, 3.05) is 20.3 Å². The smallest absolute Gasteiger partial charge is 0.407 e. The Bertz CT molecular complexity index is 2190. The van der Waals surface area contributed by atoms with Crippen LogP contribution >= 0.6 is 0 Å². The van der Waals surface area contributed by atoms with Crippen molar-refractivity contribution in [2.24, 2.45) is 10.7 Å². The van der Waals surface area contributed by atoms with Gasteiger partial charge in [0.25, 0.3) is 10.0 Å². The van der Waals surface area contributed by atoms with Crippen LogP contribution in [0.4, 0.5) is 4.79 Å². The highest BCUT2D eigenvalue weighted by molar-refractivity contribution is 7.90. The van der Waals surface area contributed by atoms with Crippen molar-refractivity contribution in [1.29, 1.82) is 0 Å². The van der Waals surface area contributed by atoms with E-state index in [4.69, 9.17) is 24.7 Å². The summed E-state index contributed by atoms with van der Waals surface area (Å²) in [6, 6.07) is 22.0. The van der Waals surface area contributed by atoms with Crippen LogP contribution in [-0.4, -0.2) is 58.3 Å². The average Bonchev–Trinajstić information content (AvgIpc) is 3.67. The molecule has 1 heterocycles. The SMILES string of the molecule is COc1ccc(COC(=O)[C@H](CCCN=C(N)NS(=O)(=O)c2c(C)c(C)c3c(c2C)CC(C)(C)O3)NC(=O)OCC2c3ccccc3-c3ccccc32)cc1. The van der Waals surface area contributed by atoms with Gasteiger partial charge in [-0.2, -0.15) is 0 Å². The number of nitrogens with one attached hydrogen (secondary N) is 2. The van der Waals surface area contributed by atoms with E-state index in [0.29, 0.717) is 23.3 Å². The number of carbonyl (C=O) groups excluding carboxylic acids is 2. The topological polar surface area (TPSA) is 168 Å². The van der Waals surface area contributed by atoms with Gasteiger partial charge in [-0.05, 0) is 104 Å². The first kappa shape index (κ1) is 39.1. The molecule has 1 atom stereocenters. The Hall–Kier alpha value is -5.56. The number of hydrogen-bond acceptors (Lipinski definition) is 9. The van der Waals surface area contributed by atoms with Gasteiger partial charge >= 0.3 is 12.1 Å². The Morgan fingerprint density at radius 3 is 2.20 bits per heavy atom. The maximum atomic E-state index is 13.6. The molecule has 12 nitrogen and oxygen atoms in total. The Kier molecular flexibility index (Phi) is 11.4. The van der Waals surface area contributed by atoms with Crippen molar-refractivity contribution >= 4 is 28.0 Å². The summed E-state index contributed by atoms with van der Waals surface area (Å²) < 4.78 is 52.3. The fraction of sp³-hybridized carbons (Fsp3) is 0.357. The Balaban J connectivity index is 1.10. The van der Waals surface area contributed by atoms with E-state index < -0.39 is 33.7 Å². The lowest BCUT2D eigenvalue weighted by atomic mass is 9.94. The number of nitrogens with zero attached hydrogens (tertiary/aromatic N) is 1. The van der Waals surface area contributed by atoms with Gasteiger partial charge in [-0.15, -0.1) is 0 Å². The van der Waals surface area contributed by atoms with Gasteiger partial charge in [-0.25, -0.2) is 22.7 Å². The van der Waals surface area contributed by atoms with Crippen LogP contribution in [0.5, 0.6) is 11.5 Å². The number of hydrogen-bond donors (Lipinski definition) is 3. The zero-order chi connectivity index (χ0) is 39.5. The highest BCUT2D eigenvalue weighted by atomic mass is 32.2. The predicted molar refractivity (Wildman–Crippen MR) is 210 cm³/mol. The average molecular weight is 769 g/mol. The quantitative estimate of drug-likeness (QED) is 0.0607. The van der Waals surface area contributed by atoms with E-state index in [9.17, 15) is 18.0 Å². The van der Waals surface area contributed by atoms with E-state index in [1.165, 1.54) is 0 Å². The van der Waals surface area contributed by atoms with Gasteiger partial charge in [0.1, 0.15) is 36.4 Å². The second-order valence-corrected chi connectivity index (χ2v) is 16.2. The molecule has 4 N–H and O–H groups in total. The van der Waals surface area contributed by atoms with Gasteiger partial charge < -0.3 is 30.0 Å². The molecule has 0 saturated heterocycles. The molecule has 0 unspecified atom stereocenters. The number of ether oxygens (including phenoxy) is 4. The number of benzene rings is 4. The molecule has 55 heavy (non-hydrogen) atoms. The second kappa shape index (κ2) is 16.0. The Morgan fingerprint density at radius 1 is 0.927 bits per heavy atom. The first-order chi connectivity index (χ1) is 26.2. The summed E-state index contributed by atoms with van der Waals surface area (Å²) >= 11 is 0. The van der Waals surface area contributed by atoms with Crippen LogP contribution in [0.1, 0.15) is 71.6 Å². The predicted octanol–water partition coefficient (Wildman–Crippen LogP) is 6.36. The van der Waals surface area contributed by atoms with Crippen LogP contribution in [0.15, 0.2) is 82.7 Å². The van der Waals surface area contributed by atoms with Crippen LogP contribution in [0.2, 0.25) is 0 Å². The largest absolute Gasteiger partial charge is 0.497 e. The molecule has 4 aromatic rings. The number of guanidine groups is 1. The first-order valence-electron chi connectivity index (χ1n) is 18.2. The summed E-state index contributed by atoms with van der Waals surface area (Å²) in [5.41, 5.74) is 13.5. The van der Waals surface area contributed by atoms with E-state index in [2.05, 4.69) is 27.2 Å². The lowest BCUT2D eigenvalue weighted by Crippen LogP contribution is -2.42. The molecule has 4 aromatic carbocycles. The van der Waals surface area contributed by atoms with Gasteiger partial charge in [-0.3, -0.25) is 4.99 Å². The third kappa shape index (κ3) is 8.57. The monoisotopic (exact) mass is 768 g/mol. The third-order valence-electron chi connectivity index (χ3n) is 10.2. The molecular formula is C42H48N4O8S. The van der Waals surface area contributed by atoms with Crippen LogP contribution in [0, 0.1) is 20.8 Å². The number of esters is 1. The normalized spacial score (nSPS) is 14.9. The summed E-state index contributed by atoms with van der Waals surface area (Å²) in [6.07, 6.45) is 0.187. The minimum absolute atomic E-state index is 0.0246. The number of methoxy groups -OCH3 is 1. The summed E-state index contributed by atoms with van der Waals surface area (Å²) in [6.45, 7) is 9.41. The zero-order valence-corrected chi connectivity index (χ0v) is 32.8. The molecule has 0 spiro atoms. The lowest BCUT2D eigenvalue weighted by Gasteiger charge is -2.19. The number of alkyl carbamates (subject to hydrolysis) is 1. The van der Waals surface area contributed by atoms with E-state index in [1.54, 1.807) is 45.2 Å². The number of nitrogens with two attached hydrogens (primary N) is 1. The molecule has 1 amide bonds. The molecule has 6 rings (SSSR count). The highest BCUT2D eigenvalue weighted by Gasteiger charge is 2.37. The summed E-state index contributed by atoms with van der Waals surface area (Å²) in [4.78, 5) is 31.0. The van der Waals surface area contributed by atoms with Crippen molar-refractivity contribution < 1.29 is 37.0 Å². The summed E-state index contributed by atoms with van der Waals surface area (Å²) in [7, 11) is -2.53. The molecule has 0 bridgehead atoms. The van der Waals surface area contributed by atoms with Gasteiger partial charge in [-0.1, -0.05) is 60.7 Å². The fourth-order valence-corrected chi connectivity index (χ4v) is 8.90. The highest BCUT2D eigenvalue weighted by Crippen LogP contribution is 2.45. The van der Waals surface area contributed by atoms with E-state index in [-0.39, 0.29) is 49.4 Å². The van der Waals surface area contributed by atoms with Gasteiger partial charge in [0, 0.05) is 24.4 Å². The standard InChI is InChI=1S/C42H48N4O8S/c1-25-26(2)38(27(3)34-22-42(4,5)54-37(25)34)55(49,50)46-40(43)44-21-11-16-36(39(47)52-23-28-17-19-29(51-6)20-18-28)45-41(48)53-24-35-32-14-9-7-12-30(32)31-13-8-10-15-33(31)35/h7-10,12-15,17-20,35-36H,11,16,21-24H2,1-6H3,(H,45,48)(H3,43,44,46)/t36-/m0/s1. The van der Waals surface area contributed by atoms with Crippen molar-refractivity contribution in [3.63, 3.8) is 0 Å². The van der Waals surface area contributed by atoms with Crippen LogP contribution in [0.25, 0.3) is 11.1 Å². The second-order valence-electron chi connectivity index (χ2n) is 14.5. The van der Waals surface area contributed by atoms with Gasteiger partial charge in [0.05, 0.1) is 12.0 Å². The van der Waals surface area contributed by atoms with Crippen LogP contribution < -0.4 is 25.2 Å². The van der Waals surface area contributed by atoms with Crippen molar-refractivity contribution in [3.05, 3.63) is 112 Å². The number of carbonyl (C=O) groups is 2. The Labute approximate surface area is 322 Å². The molecule has 0 saturated carbocycles. The van der Waals surface area contributed by atoms with Gasteiger partial charge in [0.15, 0.2) is 0 Å². The maximum absolute atomic E-state index is 13.6. The number of fused-ring (bicyclic) bond motifs is 4. The molecule has 1 aliphatic heterocycles. The van der Waals surface area contributed by atoms with E-state index >= 15 is 0 Å². The van der Waals surface area contributed by atoms with E-state index in [1.807, 2.05) is 57.2 Å². The molecule has 13 heteroatoms. The molecule has 290 valence electrons. The Morgan fingerprint density at radius 2 is 1.56 bits per heavy atom. The third-order valence-corrected chi connectivity index (χ3v) is 11.8. The number of sulfonamides is 1. The molecule has 0 fully saturated rings. The number of rotatable bonds is 13. The minimum Gasteiger partial charge on any atom is -0.497 e. The van der Waals surface area contributed by atoms with E-state index in [0.717, 1.165) is 44.7 Å². The molecular weight excluding hydrogens is 721 g/mol. The van der Waals surface area contributed by atoms with Crippen molar-refractivity contribution in [3.8, 4) is 22.6 Å². The molecule has 1 aliphatic carbocycles. The van der Waals surface area contributed by atoms with Crippen molar-refractivity contribution in [2.45, 2.75) is 82.9 Å². The fourth-order valence-electron chi connectivity index (χ4n) is 7.37.